The number of amides is 2. The molecule has 0 saturated carbocycles. The van der Waals surface area contributed by atoms with Gasteiger partial charge in [0, 0.05) is 31.2 Å². The van der Waals surface area contributed by atoms with Gasteiger partial charge in [-0.25, -0.2) is 9.18 Å². The molecule has 0 bridgehead atoms. The van der Waals surface area contributed by atoms with Crippen molar-refractivity contribution in [3.05, 3.63) is 64.4 Å². The zero-order valence-corrected chi connectivity index (χ0v) is 15.7. The number of nitrogens with zero attached hydrogens (tertiary/aromatic N) is 3. The molecular weight excluding hydrogens is 367 g/mol. The summed E-state index contributed by atoms with van der Waals surface area (Å²) in [5.41, 5.74) is 1.56. The molecule has 3 rings (SSSR count). The van der Waals surface area contributed by atoms with Crippen molar-refractivity contribution in [2.24, 2.45) is 0 Å². The second-order valence-corrected chi connectivity index (χ2v) is 6.88. The van der Waals surface area contributed by atoms with E-state index >= 15 is 0 Å². The van der Waals surface area contributed by atoms with Gasteiger partial charge < -0.3 is 15.1 Å². The van der Waals surface area contributed by atoms with Gasteiger partial charge in [0.25, 0.3) is 0 Å². The van der Waals surface area contributed by atoms with Gasteiger partial charge in [0.2, 0.25) is 0 Å². The minimum absolute atomic E-state index is 0.0463. The molecule has 1 atom stereocenters. The summed E-state index contributed by atoms with van der Waals surface area (Å²) in [6.45, 7) is 3.98. The van der Waals surface area contributed by atoms with Crippen molar-refractivity contribution in [1.82, 2.24) is 10.2 Å². The summed E-state index contributed by atoms with van der Waals surface area (Å²) in [7, 11) is 0. The molecule has 1 aliphatic rings. The maximum atomic E-state index is 13.8. The van der Waals surface area contributed by atoms with Crippen molar-refractivity contribution < 1.29 is 9.18 Å². The maximum absolute atomic E-state index is 13.8. The van der Waals surface area contributed by atoms with E-state index in [1.165, 1.54) is 6.07 Å². The van der Waals surface area contributed by atoms with Gasteiger partial charge in [-0.1, -0.05) is 29.8 Å². The third kappa shape index (κ3) is 4.32. The number of benzene rings is 2. The van der Waals surface area contributed by atoms with Crippen LogP contribution in [0.5, 0.6) is 0 Å². The van der Waals surface area contributed by atoms with Crippen molar-refractivity contribution in [2.45, 2.75) is 13.0 Å². The molecule has 2 aromatic rings. The Morgan fingerprint density at radius 1 is 1.22 bits per heavy atom. The molecule has 0 aromatic heterocycles. The normalized spacial score (nSPS) is 15.2. The van der Waals surface area contributed by atoms with Gasteiger partial charge in [-0.3, -0.25) is 0 Å². The van der Waals surface area contributed by atoms with E-state index < -0.39 is 5.82 Å². The molecule has 1 saturated heterocycles. The lowest BCUT2D eigenvalue weighted by Crippen LogP contribution is -2.52. The minimum Gasteiger partial charge on any atom is -0.367 e. The highest BCUT2D eigenvalue weighted by Gasteiger charge is 2.24. The number of urea groups is 1. The number of piperazine rings is 1. The molecule has 1 unspecified atom stereocenters. The molecule has 0 aliphatic carbocycles. The Labute approximate surface area is 162 Å². The SMILES string of the molecule is CC(NC(=O)N1CCN(c2cccc(F)c2C#N)CC1)c1cccc(Cl)c1. The van der Waals surface area contributed by atoms with E-state index in [1.54, 1.807) is 23.1 Å². The first-order valence-electron chi connectivity index (χ1n) is 8.74. The van der Waals surface area contributed by atoms with Gasteiger partial charge in [-0.05, 0) is 36.8 Å². The van der Waals surface area contributed by atoms with E-state index in [0.717, 1.165) is 5.56 Å². The van der Waals surface area contributed by atoms with Crippen molar-refractivity contribution in [2.75, 3.05) is 31.1 Å². The number of nitrogens with one attached hydrogen (secondary N) is 1. The molecule has 140 valence electrons. The van der Waals surface area contributed by atoms with E-state index in [4.69, 9.17) is 11.6 Å². The smallest absolute Gasteiger partial charge is 0.317 e. The molecule has 1 N–H and O–H groups in total. The van der Waals surface area contributed by atoms with E-state index in [1.807, 2.05) is 36.1 Å². The summed E-state index contributed by atoms with van der Waals surface area (Å²) < 4.78 is 13.8. The Balaban J connectivity index is 1.60. The van der Waals surface area contributed by atoms with E-state index in [9.17, 15) is 14.4 Å². The van der Waals surface area contributed by atoms with Crippen molar-refractivity contribution in [3.8, 4) is 6.07 Å². The molecule has 7 heteroatoms. The standard InChI is InChI=1S/C20H20ClFN4O/c1-14(15-4-2-5-16(21)12-15)24-20(27)26-10-8-25(9-11-26)19-7-3-6-18(22)17(19)13-23/h2-7,12,14H,8-11H2,1H3,(H,24,27). The number of anilines is 1. The van der Waals surface area contributed by atoms with Crippen LogP contribution in [-0.4, -0.2) is 37.1 Å². The van der Waals surface area contributed by atoms with Gasteiger partial charge in [-0.15, -0.1) is 0 Å². The number of rotatable bonds is 3. The van der Waals surface area contributed by atoms with Gasteiger partial charge in [0.15, 0.2) is 0 Å². The lowest BCUT2D eigenvalue weighted by atomic mass is 10.1. The molecule has 2 aromatic carbocycles. The molecule has 1 fully saturated rings. The van der Waals surface area contributed by atoms with Crippen LogP contribution in [0.15, 0.2) is 42.5 Å². The number of carbonyl (C=O) groups is 1. The van der Waals surface area contributed by atoms with Crippen molar-refractivity contribution in [1.29, 1.82) is 5.26 Å². The van der Waals surface area contributed by atoms with Crippen LogP contribution in [0.25, 0.3) is 0 Å². The molecule has 27 heavy (non-hydrogen) atoms. The summed E-state index contributed by atoms with van der Waals surface area (Å²) in [6, 6.07) is 13.6. The summed E-state index contributed by atoms with van der Waals surface area (Å²) >= 11 is 6.01. The van der Waals surface area contributed by atoms with Gasteiger partial charge in [-0.2, -0.15) is 5.26 Å². The summed E-state index contributed by atoms with van der Waals surface area (Å²) in [5, 5.41) is 12.8. The quantitative estimate of drug-likeness (QED) is 0.869. The monoisotopic (exact) mass is 386 g/mol. The molecule has 1 aliphatic heterocycles. The van der Waals surface area contributed by atoms with Gasteiger partial charge in [0.1, 0.15) is 17.4 Å². The van der Waals surface area contributed by atoms with Crippen LogP contribution in [0.3, 0.4) is 0 Å². The van der Waals surface area contributed by atoms with Crippen molar-refractivity contribution >= 4 is 23.3 Å². The molecular formula is C20H20ClFN4O. The van der Waals surface area contributed by atoms with Crippen LogP contribution in [0.4, 0.5) is 14.9 Å². The lowest BCUT2D eigenvalue weighted by Gasteiger charge is -2.37. The van der Waals surface area contributed by atoms with Crippen LogP contribution in [0.1, 0.15) is 24.1 Å². The minimum atomic E-state index is -0.523. The maximum Gasteiger partial charge on any atom is 0.317 e. The van der Waals surface area contributed by atoms with E-state index in [-0.39, 0.29) is 17.6 Å². The Bertz CT molecular complexity index is 875. The second-order valence-electron chi connectivity index (χ2n) is 6.45. The van der Waals surface area contributed by atoms with Gasteiger partial charge >= 0.3 is 6.03 Å². The number of halogens is 2. The first-order chi connectivity index (χ1) is 13.0. The fourth-order valence-corrected chi connectivity index (χ4v) is 3.37. The van der Waals surface area contributed by atoms with Gasteiger partial charge in [0.05, 0.1) is 11.7 Å². The average Bonchev–Trinajstić information content (AvgIpc) is 2.68. The third-order valence-corrected chi connectivity index (χ3v) is 4.93. The van der Waals surface area contributed by atoms with Crippen LogP contribution in [-0.2, 0) is 0 Å². The molecule has 0 spiro atoms. The molecule has 2 amide bonds. The number of nitriles is 1. The van der Waals surface area contributed by atoms with Crippen molar-refractivity contribution in [3.63, 3.8) is 0 Å². The van der Waals surface area contributed by atoms with Crippen LogP contribution >= 0.6 is 11.6 Å². The summed E-state index contributed by atoms with van der Waals surface area (Å²) in [5.74, 6) is -0.523. The summed E-state index contributed by atoms with van der Waals surface area (Å²) in [6.07, 6.45) is 0. The number of hydrogen-bond acceptors (Lipinski definition) is 3. The summed E-state index contributed by atoms with van der Waals surface area (Å²) in [4.78, 5) is 16.2. The third-order valence-electron chi connectivity index (χ3n) is 4.70. The Morgan fingerprint density at radius 2 is 1.93 bits per heavy atom. The topological polar surface area (TPSA) is 59.4 Å². The largest absolute Gasteiger partial charge is 0.367 e. The molecule has 5 nitrogen and oxygen atoms in total. The van der Waals surface area contributed by atoms with Crippen LogP contribution < -0.4 is 10.2 Å². The van der Waals surface area contributed by atoms with E-state index in [2.05, 4.69) is 5.32 Å². The average molecular weight is 387 g/mol. The Kier molecular flexibility index (Phi) is 5.82. The second kappa shape index (κ2) is 8.28. The van der Waals surface area contributed by atoms with Crippen LogP contribution in [0, 0.1) is 17.1 Å². The molecule has 0 radical (unpaired) electrons. The first-order valence-corrected chi connectivity index (χ1v) is 9.12. The highest BCUT2D eigenvalue weighted by atomic mass is 35.5. The Hall–Kier alpha value is -2.78. The lowest BCUT2D eigenvalue weighted by molar-refractivity contribution is 0.191. The van der Waals surface area contributed by atoms with Crippen LogP contribution in [0.2, 0.25) is 5.02 Å². The highest BCUT2D eigenvalue weighted by Crippen LogP contribution is 2.24. The fourth-order valence-electron chi connectivity index (χ4n) is 3.17. The van der Waals surface area contributed by atoms with E-state index in [0.29, 0.717) is 36.9 Å². The fraction of sp³-hybridized carbons (Fsp3) is 0.300. The predicted molar refractivity (Wildman–Crippen MR) is 103 cm³/mol. The number of carbonyl (C=O) groups excluding carboxylic acids is 1. The predicted octanol–water partition coefficient (Wildman–Crippen LogP) is 3.94. The molecule has 1 heterocycles. The highest BCUT2D eigenvalue weighted by molar-refractivity contribution is 6.30. The first kappa shape index (κ1) is 19.0. The number of hydrogen-bond donors (Lipinski definition) is 1. The zero-order valence-electron chi connectivity index (χ0n) is 15.0. The zero-order chi connectivity index (χ0) is 19.4. The Morgan fingerprint density at radius 3 is 2.59 bits per heavy atom.